The van der Waals surface area contributed by atoms with Crippen molar-refractivity contribution in [2.45, 2.75) is 20.0 Å². The third-order valence-corrected chi connectivity index (χ3v) is 3.49. The second-order valence-corrected chi connectivity index (χ2v) is 5.35. The maximum Gasteiger partial charge on any atom is 0.341 e. The molecule has 0 saturated heterocycles. The largest absolute Gasteiger partial charge is 0.497 e. The van der Waals surface area contributed by atoms with E-state index in [9.17, 15) is 18.4 Å². The molecule has 0 aliphatic heterocycles. The van der Waals surface area contributed by atoms with Crippen LogP contribution < -0.4 is 10.1 Å². The maximum absolute atomic E-state index is 13.8. The minimum absolute atomic E-state index is 0.228. The van der Waals surface area contributed by atoms with Gasteiger partial charge in [-0.2, -0.15) is 0 Å². The smallest absolute Gasteiger partial charge is 0.341 e. The average molecular weight is 349 g/mol. The highest BCUT2D eigenvalue weighted by atomic mass is 19.1. The number of anilines is 1. The lowest BCUT2D eigenvalue weighted by molar-refractivity contribution is -0.123. The molecule has 2 aromatic rings. The van der Waals surface area contributed by atoms with Gasteiger partial charge in [0.25, 0.3) is 5.91 Å². The van der Waals surface area contributed by atoms with Crippen LogP contribution in [-0.4, -0.2) is 25.1 Å². The molecule has 0 fully saturated rings. The highest BCUT2D eigenvalue weighted by Crippen LogP contribution is 2.18. The van der Waals surface area contributed by atoms with Crippen molar-refractivity contribution in [2.75, 3.05) is 12.4 Å². The van der Waals surface area contributed by atoms with Gasteiger partial charge < -0.3 is 14.8 Å². The molecule has 1 N–H and O–H groups in total. The van der Waals surface area contributed by atoms with Gasteiger partial charge in [-0.05, 0) is 43.7 Å². The van der Waals surface area contributed by atoms with Crippen LogP contribution in [0.2, 0.25) is 0 Å². The third kappa shape index (κ3) is 4.53. The van der Waals surface area contributed by atoms with Gasteiger partial charge in [0.05, 0.1) is 12.7 Å². The van der Waals surface area contributed by atoms with E-state index in [1.165, 1.54) is 38.3 Å². The number of hydrogen-bond donors (Lipinski definition) is 1. The predicted molar refractivity (Wildman–Crippen MR) is 87.6 cm³/mol. The van der Waals surface area contributed by atoms with Crippen molar-refractivity contribution in [3.63, 3.8) is 0 Å². The minimum atomic E-state index is -1.20. The summed E-state index contributed by atoms with van der Waals surface area (Å²) in [7, 11) is 1.37. The Hall–Kier alpha value is -2.96. The molecule has 2 rings (SSSR count). The first-order valence-corrected chi connectivity index (χ1v) is 7.43. The summed E-state index contributed by atoms with van der Waals surface area (Å²) in [6, 6.07) is 7.83. The summed E-state index contributed by atoms with van der Waals surface area (Å²) >= 11 is 0. The molecule has 0 aliphatic carbocycles. The normalized spacial score (nSPS) is 11.6. The predicted octanol–water partition coefficient (Wildman–Crippen LogP) is 3.47. The number of carbonyl (C=O) groups is 2. The van der Waals surface area contributed by atoms with Crippen molar-refractivity contribution in [1.29, 1.82) is 0 Å². The Labute approximate surface area is 143 Å². The van der Waals surface area contributed by atoms with Crippen molar-refractivity contribution in [3.8, 4) is 5.75 Å². The van der Waals surface area contributed by atoms with Gasteiger partial charge in [-0.1, -0.05) is 6.07 Å². The Morgan fingerprint density at radius 2 is 1.80 bits per heavy atom. The molecule has 1 amide bonds. The summed E-state index contributed by atoms with van der Waals surface area (Å²) in [4.78, 5) is 24.0. The monoisotopic (exact) mass is 349 g/mol. The highest BCUT2D eigenvalue weighted by Gasteiger charge is 2.21. The molecule has 0 radical (unpaired) electrons. The van der Waals surface area contributed by atoms with Crippen molar-refractivity contribution in [3.05, 3.63) is 59.2 Å². The number of esters is 1. The molecule has 5 nitrogen and oxygen atoms in total. The summed E-state index contributed by atoms with van der Waals surface area (Å²) in [5.41, 5.74) is 0.348. The Morgan fingerprint density at radius 1 is 1.08 bits per heavy atom. The van der Waals surface area contributed by atoms with Crippen LogP contribution in [0.5, 0.6) is 5.75 Å². The summed E-state index contributed by atoms with van der Waals surface area (Å²) in [6.45, 7) is 2.92. The van der Waals surface area contributed by atoms with E-state index in [0.29, 0.717) is 5.56 Å². The molecule has 0 saturated carbocycles. The zero-order chi connectivity index (χ0) is 18.6. The number of carbonyl (C=O) groups excluding carboxylic acids is 2. The lowest BCUT2D eigenvalue weighted by Gasteiger charge is -2.14. The van der Waals surface area contributed by atoms with Gasteiger partial charge in [0.1, 0.15) is 17.4 Å². The molecular formula is C18H17F2NO4. The number of halogens is 2. The molecule has 25 heavy (non-hydrogen) atoms. The van der Waals surface area contributed by atoms with Gasteiger partial charge in [0.15, 0.2) is 6.10 Å². The first-order valence-electron chi connectivity index (χ1n) is 7.43. The Bertz CT molecular complexity index is 808. The standard InChI is InChI=1S/C18H17F2NO4/c1-10-4-5-12(8-15(10)19)21-17(22)11(2)25-18(23)14-7-6-13(24-3)9-16(14)20/h4-9,11H,1-3H3,(H,21,22)/t11-/m0/s1. The second kappa shape index (κ2) is 7.74. The molecular weight excluding hydrogens is 332 g/mol. The van der Waals surface area contributed by atoms with Crippen LogP contribution in [0.4, 0.5) is 14.5 Å². The van der Waals surface area contributed by atoms with E-state index in [2.05, 4.69) is 5.32 Å². The zero-order valence-corrected chi connectivity index (χ0v) is 13.9. The van der Waals surface area contributed by atoms with Gasteiger partial charge in [-0.25, -0.2) is 13.6 Å². The first-order chi connectivity index (χ1) is 11.8. The highest BCUT2D eigenvalue weighted by molar-refractivity contribution is 5.97. The summed E-state index contributed by atoms with van der Waals surface area (Å²) in [5, 5.41) is 2.43. The van der Waals surface area contributed by atoms with E-state index < -0.39 is 29.6 Å². The number of methoxy groups -OCH3 is 1. The molecule has 1 atom stereocenters. The number of amides is 1. The topological polar surface area (TPSA) is 64.6 Å². The molecule has 0 heterocycles. The lowest BCUT2D eigenvalue weighted by atomic mass is 10.2. The van der Waals surface area contributed by atoms with Gasteiger partial charge in [0.2, 0.25) is 0 Å². The van der Waals surface area contributed by atoms with Crippen LogP contribution in [-0.2, 0) is 9.53 Å². The van der Waals surface area contributed by atoms with Crippen LogP contribution in [0.3, 0.4) is 0 Å². The third-order valence-electron chi connectivity index (χ3n) is 3.49. The molecule has 0 spiro atoms. The van der Waals surface area contributed by atoms with E-state index in [1.807, 2.05) is 0 Å². The number of aryl methyl sites for hydroxylation is 1. The Balaban J connectivity index is 2.02. The maximum atomic E-state index is 13.8. The summed E-state index contributed by atoms with van der Waals surface area (Å²) < 4.78 is 37.1. The van der Waals surface area contributed by atoms with Crippen LogP contribution in [0.25, 0.3) is 0 Å². The van der Waals surface area contributed by atoms with E-state index in [1.54, 1.807) is 6.92 Å². The summed E-state index contributed by atoms with van der Waals surface area (Å²) in [6.07, 6.45) is -1.20. The fraction of sp³-hybridized carbons (Fsp3) is 0.222. The van der Waals surface area contributed by atoms with E-state index in [0.717, 1.165) is 12.1 Å². The zero-order valence-electron chi connectivity index (χ0n) is 13.9. The van der Waals surface area contributed by atoms with Crippen molar-refractivity contribution in [2.24, 2.45) is 0 Å². The van der Waals surface area contributed by atoms with E-state index in [4.69, 9.17) is 9.47 Å². The fourth-order valence-corrected chi connectivity index (χ4v) is 1.98. The molecule has 7 heteroatoms. The molecule has 0 unspecified atom stereocenters. The number of nitrogens with one attached hydrogen (secondary N) is 1. The molecule has 0 aliphatic rings. The first kappa shape index (κ1) is 18.4. The molecule has 0 bridgehead atoms. The van der Waals surface area contributed by atoms with Crippen molar-refractivity contribution < 1.29 is 27.8 Å². The second-order valence-electron chi connectivity index (χ2n) is 5.35. The molecule has 132 valence electrons. The minimum Gasteiger partial charge on any atom is -0.497 e. The van der Waals surface area contributed by atoms with E-state index >= 15 is 0 Å². The van der Waals surface area contributed by atoms with Crippen molar-refractivity contribution >= 4 is 17.6 Å². The van der Waals surface area contributed by atoms with Gasteiger partial charge in [-0.3, -0.25) is 4.79 Å². The van der Waals surface area contributed by atoms with Gasteiger partial charge >= 0.3 is 5.97 Å². The van der Waals surface area contributed by atoms with E-state index in [-0.39, 0.29) is 17.0 Å². The number of benzene rings is 2. The number of hydrogen-bond acceptors (Lipinski definition) is 4. The van der Waals surface area contributed by atoms with Crippen molar-refractivity contribution in [1.82, 2.24) is 0 Å². The van der Waals surface area contributed by atoms with Gasteiger partial charge in [0, 0.05) is 11.8 Å². The molecule has 0 aromatic heterocycles. The van der Waals surface area contributed by atoms with Gasteiger partial charge in [-0.15, -0.1) is 0 Å². The summed E-state index contributed by atoms with van der Waals surface area (Å²) in [5.74, 6) is -2.69. The van der Waals surface area contributed by atoms with Crippen LogP contribution in [0.15, 0.2) is 36.4 Å². The van der Waals surface area contributed by atoms with Crippen LogP contribution in [0.1, 0.15) is 22.8 Å². The quantitative estimate of drug-likeness (QED) is 0.840. The number of rotatable bonds is 5. The average Bonchev–Trinajstić information content (AvgIpc) is 2.57. The SMILES string of the molecule is COc1ccc(C(=O)O[C@@H](C)C(=O)Nc2ccc(C)c(F)c2)c(F)c1. The van der Waals surface area contributed by atoms with Crippen LogP contribution >= 0.6 is 0 Å². The fourth-order valence-electron chi connectivity index (χ4n) is 1.98. The molecule has 2 aromatic carbocycles. The lowest BCUT2D eigenvalue weighted by Crippen LogP contribution is -2.30. The number of ether oxygens (including phenoxy) is 2. The van der Waals surface area contributed by atoms with Crippen LogP contribution in [0, 0.1) is 18.6 Å². The Morgan fingerprint density at radius 3 is 2.40 bits per heavy atom. The Kier molecular flexibility index (Phi) is 5.69.